The Hall–Kier alpha value is -1.83. The number of nitrogens with zero attached hydrogens (tertiary/aromatic N) is 2. The quantitative estimate of drug-likeness (QED) is 0.923. The van der Waals surface area contributed by atoms with Gasteiger partial charge in [0.1, 0.15) is 0 Å². The number of urea groups is 1. The van der Waals surface area contributed by atoms with Crippen LogP contribution in [0.1, 0.15) is 24.4 Å². The number of carbonyl (C=O) groups excluding carboxylic acids is 1. The molecule has 2 fully saturated rings. The van der Waals surface area contributed by atoms with Crippen molar-refractivity contribution in [2.75, 3.05) is 20.2 Å². The summed E-state index contributed by atoms with van der Waals surface area (Å²) in [7, 11) is 1.02. The first kappa shape index (κ1) is 16.0. The Bertz CT molecular complexity index is 569. The molecule has 1 N–H and O–H groups in total. The number of pyridine rings is 1. The largest absolute Gasteiger partial charge is 0.420 e. The number of hydrogen-bond acceptors (Lipinski definition) is 3. The van der Waals surface area contributed by atoms with Gasteiger partial charge < -0.3 is 15.0 Å². The summed E-state index contributed by atoms with van der Waals surface area (Å²) in [6, 6.07) is 2.93. The van der Waals surface area contributed by atoms with E-state index in [1.807, 2.05) is 6.07 Å². The summed E-state index contributed by atoms with van der Waals surface area (Å²) in [6.07, 6.45) is 0.808. The number of likely N-dealkylation sites (tertiary alicyclic amines) is 1. The average Bonchev–Trinajstić information content (AvgIpc) is 3.28. The first-order valence-electron chi connectivity index (χ1n) is 7.43. The van der Waals surface area contributed by atoms with E-state index in [-0.39, 0.29) is 6.04 Å². The van der Waals surface area contributed by atoms with Crippen LogP contribution in [0, 0.1) is 5.92 Å². The van der Waals surface area contributed by atoms with Gasteiger partial charge in [-0.25, -0.2) is 4.79 Å². The van der Waals surface area contributed by atoms with Gasteiger partial charge in [0.15, 0.2) is 5.60 Å². The van der Waals surface area contributed by atoms with E-state index in [1.54, 1.807) is 18.5 Å². The standard InChI is InChI=1S/C15H18F3N3O2/c1-23-14(15(16,17)18)8-21(9-14)13(22)20-12(10-4-5-10)11-3-2-6-19-7-11/h2-3,6-7,10,12H,4-5,8-9H2,1H3,(H,20,22). The maximum absolute atomic E-state index is 13.0. The van der Waals surface area contributed by atoms with E-state index in [2.05, 4.69) is 15.0 Å². The number of aromatic nitrogens is 1. The molecule has 126 valence electrons. The minimum absolute atomic E-state index is 0.209. The van der Waals surface area contributed by atoms with Crippen molar-refractivity contribution in [2.24, 2.45) is 5.92 Å². The van der Waals surface area contributed by atoms with Gasteiger partial charge in [-0.2, -0.15) is 13.2 Å². The molecule has 1 atom stereocenters. The van der Waals surface area contributed by atoms with Crippen LogP contribution in [-0.4, -0.2) is 47.9 Å². The van der Waals surface area contributed by atoms with E-state index in [1.165, 1.54) is 0 Å². The molecule has 0 aromatic carbocycles. The van der Waals surface area contributed by atoms with Crippen LogP contribution in [-0.2, 0) is 4.74 Å². The number of halogens is 3. The lowest BCUT2D eigenvalue weighted by atomic mass is 9.93. The molecule has 0 radical (unpaired) electrons. The van der Waals surface area contributed by atoms with E-state index in [0.717, 1.165) is 30.4 Å². The minimum Gasteiger partial charge on any atom is -0.365 e. The van der Waals surface area contributed by atoms with Crippen LogP contribution < -0.4 is 5.32 Å². The SMILES string of the molecule is COC1(C(F)(F)F)CN(C(=O)NC(c2cccnc2)C2CC2)C1. The lowest BCUT2D eigenvalue weighted by Crippen LogP contribution is -2.72. The van der Waals surface area contributed by atoms with E-state index in [9.17, 15) is 18.0 Å². The molecule has 1 aromatic heterocycles. The molecule has 1 saturated carbocycles. The van der Waals surface area contributed by atoms with Crippen molar-refractivity contribution in [3.8, 4) is 0 Å². The van der Waals surface area contributed by atoms with Crippen LogP contribution in [0.15, 0.2) is 24.5 Å². The molecule has 1 aromatic rings. The van der Waals surface area contributed by atoms with E-state index in [0.29, 0.717) is 5.92 Å². The number of methoxy groups -OCH3 is 1. The number of carbonyl (C=O) groups is 1. The van der Waals surface area contributed by atoms with Crippen molar-refractivity contribution >= 4 is 6.03 Å². The monoisotopic (exact) mass is 329 g/mol. The van der Waals surface area contributed by atoms with E-state index >= 15 is 0 Å². The van der Waals surface area contributed by atoms with Crippen molar-refractivity contribution in [3.63, 3.8) is 0 Å². The van der Waals surface area contributed by atoms with Gasteiger partial charge in [-0.05, 0) is 30.4 Å². The molecule has 8 heteroatoms. The smallest absolute Gasteiger partial charge is 0.365 e. The minimum atomic E-state index is -4.49. The van der Waals surface area contributed by atoms with Crippen molar-refractivity contribution in [1.29, 1.82) is 0 Å². The number of rotatable bonds is 4. The molecule has 3 rings (SSSR count). The fraction of sp³-hybridized carbons (Fsp3) is 0.600. The van der Waals surface area contributed by atoms with Gasteiger partial charge in [0.05, 0.1) is 19.1 Å². The van der Waals surface area contributed by atoms with Crippen LogP contribution in [0.2, 0.25) is 0 Å². The Morgan fingerprint density at radius 1 is 1.48 bits per heavy atom. The van der Waals surface area contributed by atoms with Gasteiger partial charge in [-0.3, -0.25) is 4.98 Å². The van der Waals surface area contributed by atoms with Gasteiger partial charge in [0, 0.05) is 19.5 Å². The number of nitrogens with one attached hydrogen (secondary N) is 1. The zero-order valence-corrected chi connectivity index (χ0v) is 12.6. The molecule has 2 heterocycles. The van der Waals surface area contributed by atoms with Crippen LogP contribution in [0.25, 0.3) is 0 Å². The number of alkyl halides is 3. The fourth-order valence-electron chi connectivity index (χ4n) is 2.83. The lowest BCUT2D eigenvalue weighted by molar-refractivity contribution is -0.303. The molecule has 1 aliphatic heterocycles. The topological polar surface area (TPSA) is 54.5 Å². The second-order valence-corrected chi connectivity index (χ2v) is 6.10. The van der Waals surface area contributed by atoms with Gasteiger partial charge >= 0.3 is 12.2 Å². The number of amides is 2. The normalized spacial score (nSPS) is 21.5. The van der Waals surface area contributed by atoms with Crippen LogP contribution in [0.5, 0.6) is 0 Å². The van der Waals surface area contributed by atoms with Crippen LogP contribution in [0.4, 0.5) is 18.0 Å². The van der Waals surface area contributed by atoms with E-state index < -0.39 is 30.9 Å². The highest BCUT2D eigenvalue weighted by Crippen LogP contribution is 2.43. The Morgan fingerprint density at radius 3 is 2.65 bits per heavy atom. The third-order valence-corrected chi connectivity index (χ3v) is 4.50. The second-order valence-electron chi connectivity index (χ2n) is 6.10. The van der Waals surface area contributed by atoms with Crippen LogP contribution in [0.3, 0.4) is 0 Å². The molecular weight excluding hydrogens is 311 g/mol. The summed E-state index contributed by atoms with van der Waals surface area (Å²) in [5.74, 6) is 0.319. The lowest BCUT2D eigenvalue weighted by Gasteiger charge is -2.49. The summed E-state index contributed by atoms with van der Waals surface area (Å²) in [4.78, 5) is 17.4. The third-order valence-electron chi connectivity index (χ3n) is 4.50. The Morgan fingerprint density at radius 2 is 2.17 bits per heavy atom. The molecule has 5 nitrogen and oxygen atoms in total. The summed E-state index contributed by atoms with van der Waals surface area (Å²) in [6.45, 7) is -0.966. The highest BCUT2D eigenvalue weighted by atomic mass is 19.4. The Balaban J connectivity index is 1.64. The van der Waals surface area contributed by atoms with Crippen molar-refractivity contribution in [3.05, 3.63) is 30.1 Å². The van der Waals surface area contributed by atoms with Crippen molar-refractivity contribution in [2.45, 2.75) is 30.7 Å². The van der Waals surface area contributed by atoms with E-state index in [4.69, 9.17) is 0 Å². The molecular formula is C15H18F3N3O2. The summed E-state index contributed by atoms with van der Waals surface area (Å²) >= 11 is 0. The molecule has 0 bridgehead atoms. The molecule has 1 unspecified atom stereocenters. The van der Waals surface area contributed by atoms with Gasteiger partial charge in [-0.1, -0.05) is 6.07 Å². The number of hydrogen-bond donors (Lipinski definition) is 1. The molecule has 1 aliphatic carbocycles. The van der Waals surface area contributed by atoms with Crippen molar-refractivity contribution < 1.29 is 22.7 Å². The van der Waals surface area contributed by atoms with Crippen LogP contribution >= 0.6 is 0 Å². The van der Waals surface area contributed by atoms with Crippen molar-refractivity contribution in [1.82, 2.24) is 15.2 Å². The number of ether oxygens (including phenoxy) is 1. The summed E-state index contributed by atoms with van der Waals surface area (Å²) in [5.41, 5.74) is -1.37. The predicted molar refractivity (Wildman–Crippen MR) is 75.6 cm³/mol. The highest BCUT2D eigenvalue weighted by Gasteiger charge is 2.64. The fourth-order valence-corrected chi connectivity index (χ4v) is 2.83. The maximum atomic E-state index is 13.0. The van der Waals surface area contributed by atoms with Gasteiger partial charge in [0.25, 0.3) is 0 Å². The maximum Gasteiger partial charge on any atom is 0.420 e. The Labute approximate surface area is 131 Å². The first-order valence-corrected chi connectivity index (χ1v) is 7.43. The summed E-state index contributed by atoms with van der Waals surface area (Å²) in [5, 5.41) is 2.83. The zero-order chi connectivity index (χ0) is 16.7. The Kier molecular flexibility index (Phi) is 3.95. The molecule has 2 aliphatic rings. The zero-order valence-electron chi connectivity index (χ0n) is 12.6. The average molecular weight is 329 g/mol. The van der Waals surface area contributed by atoms with Gasteiger partial charge in [-0.15, -0.1) is 0 Å². The first-order chi connectivity index (χ1) is 10.9. The third kappa shape index (κ3) is 2.99. The summed E-state index contributed by atoms with van der Waals surface area (Å²) < 4.78 is 43.5. The van der Waals surface area contributed by atoms with Gasteiger partial charge in [0.2, 0.25) is 0 Å². The second kappa shape index (κ2) is 5.67. The molecule has 0 spiro atoms. The molecule has 2 amide bonds. The molecule has 1 saturated heterocycles. The highest BCUT2D eigenvalue weighted by molar-refractivity contribution is 5.76. The molecule has 23 heavy (non-hydrogen) atoms. The predicted octanol–water partition coefficient (Wildman–Crippen LogP) is 2.51.